The Labute approximate surface area is 196 Å². The molecule has 0 aliphatic carbocycles. The monoisotopic (exact) mass is 497 g/mol. The van der Waals surface area contributed by atoms with E-state index in [1.54, 1.807) is 18.2 Å². The summed E-state index contributed by atoms with van der Waals surface area (Å²) in [5.41, 5.74) is 6.90. The molecular formula is C23H32FN3O4S2. The van der Waals surface area contributed by atoms with Crippen molar-refractivity contribution in [2.75, 3.05) is 19.3 Å². The topological polar surface area (TPSA) is 110 Å². The molecule has 1 heterocycles. The van der Waals surface area contributed by atoms with Crippen LogP contribution >= 0.6 is 0 Å². The molecule has 1 saturated heterocycles. The van der Waals surface area contributed by atoms with Gasteiger partial charge < -0.3 is 5.73 Å². The van der Waals surface area contributed by atoms with Crippen molar-refractivity contribution in [2.24, 2.45) is 5.73 Å². The Morgan fingerprint density at radius 1 is 1.09 bits per heavy atom. The molecule has 0 saturated carbocycles. The van der Waals surface area contributed by atoms with Gasteiger partial charge in [0.2, 0.25) is 10.0 Å². The zero-order chi connectivity index (χ0) is 24.2. The van der Waals surface area contributed by atoms with Gasteiger partial charge in [-0.25, -0.2) is 25.9 Å². The van der Waals surface area contributed by atoms with E-state index in [2.05, 4.69) is 16.5 Å². The molecule has 182 valence electrons. The van der Waals surface area contributed by atoms with Crippen LogP contribution in [-0.2, 0) is 26.3 Å². The van der Waals surface area contributed by atoms with Gasteiger partial charge in [-0.3, -0.25) is 4.90 Å². The second kappa shape index (κ2) is 10.6. The molecule has 1 fully saturated rings. The quantitative estimate of drug-likeness (QED) is 0.521. The zero-order valence-corrected chi connectivity index (χ0v) is 20.6. The molecule has 2 aromatic carbocycles. The first-order valence-corrected chi connectivity index (χ1v) is 14.4. The van der Waals surface area contributed by atoms with Crippen LogP contribution in [0.15, 0.2) is 58.3 Å². The van der Waals surface area contributed by atoms with Crippen molar-refractivity contribution < 1.29 is 21.2 Å². The van der Waals surface area contributed by atoms with Crippen LogP contribution < -0.4 is 10.5 Å². The minimum atomic E-state index is -3.77. The standard InChI is InChI=1S/C23H32FN3O4S2/c1-17(14-19(25)15-18-6-3-4-8-23(18)24)27-13-5-7-20(27)16-26-33(30,31)22-11-9-21(10-12-22)32(2,28)29/h3-4,6,8-12,17,19-20,26H,5,7,13-16,25H2,1-2H3/t17?,19-,20-/m0/s1. The van der Waals surface area contributed by atoms with Gasteiger partial charge in [-0.05, 0) is 75.0 Å². The van der Waals surface area contributed by atoms with E-state index in [0.29, 0.717) is 18.4 Å². The fourth-order valence-electron chi connectivity index (χ4n) is 4.42. The number of likely N-dealkylation sites (tertiary alicyclic amines) is 1. The van der Waals surface area contributed by atoms with Crippen molar-refractivity contribution in [1.82, 2.24) is 9.62 Å². The molecule has 0 amide bonds. The highest BCUT2D eigenvalue weighted by atomic mass is 32.2. The molecule has 2 aromatic rings. The maximum atomic E-state index is 13.9. The number of sulfone groups is 1. The first-order chi connectivity index (χ1) is 15.5. The second-order valence-electron chi connectivity index (χ2n) is 8.77. The molecule has 7 nitrogen and oxygen atoms in total. The minimum Gasteiger partial charge on any atom is -0.327 e. The van der Waals surface area contributed by atoms with E-state index in [1.165, 1.54) is 30.3 Å². The van der Waals surface area contributed by atoms with Gasteiger partial charge in [0.15, 0.2) is 9.84 Å². The lowest BCUT2D eigenvalue weighted by Crippen LogP contribution is -2.46. The van der Waals surface area contributed by atoms with Crippen molar-refractivity contribution in [1.29, 1.82) is 0 Å². The number of nitrogens with one attached hydrogen (secondary N) is 1. The second-order valence-corrected chi connectivity index (χ2v) is 12.6. The molecule has 10 heteroatoms. The van der Waals surface area contributed by atoms with Gasteiger partial charge in [-0.15, -0.1) is 0 Å². The molecule has 1 aliphatic rings. The minimum absolute atomic E-state index is 0.0272. The molecule has 3 rings (SSSR count). The Morgan fingerprint density at radius 2 is 1.73 bits per heavy atom. The van der Waals surface area contributed by atoms with E-state index in [1.807, 2.05) is 0 Å². The third-order valence-corrected chi connectivity index (χ3v) is 8.71. The molecule has 1 unspecified atom stereocenters. The predicted molar refractivity (Wildman–Crippen MR) is 127 cm³/mol. The largest absolute Gasteiger partial charge is 0.327 e. The number of hydrogen-bond acceptors (Lipinski definition) is 6. The van der Waals surface area contributed by atoms with E-state index in [9.17, 15) is 21.2 Å². The van der Waals surface area contributed by atoms with Crippen molar-refractivity contribution in [3.63, 3.8) is 0 Å². The van der Waals surface area contributed by atoms with E-state index in [-0.39, 0.29) is 40.3 Å². The smallest absolute Gasteiger partial charge is 0.240 e. The summed E-state index contributed by atoms with van der Waals surface area (Å²) < 4.78 is 65.2. The van der Waals surface area contributed by atoms with E-state index >= 15 is 0 Å². The number of hydrogen-bond donors (Lipinski definition) is 2. The van der Waals surface area contributed by atoms with Crippen LogP contribution in [0.4, 0.5) is 4.39 Å². The summed E-state index contributed by atoms with van der Waals surface area (Å²) in [6.45, 7) is 3.17. The molecule has 0 radical (unpaired) electrons. The van der Waals surface area contributed by atoms with Crippen LogP contribution in [-0.4, -0.2) is 59.2 Å². The fourth-order valence-corrected chi connectivity index (χ4v) is 6.12. The Morgan fingerprint density at radius 3 is 2.36 bits per heavy atom. The highest BCUT2D eigenvalue weighted by Gasteiger charge is 2.30. The average molecular weight is 498 g/mol. The van der Waals surface area contributed by atoms with E-state index in [4.69, 9.17) is 5.73 Å². The Kier molecular flexibility index (Phi) is 8.28. The summed E-state index contributed by atoms with van der Waals surface area (Å²) in [6, 6.07) is 11.8. The highest BCUT2D eigenvalue weighted by molar-refractivity contribution is 7.90. The zero-order valence-electron chi connectivity index (χ0n) is 18.9. The summed E-state index contributed by atoms with van der Waals surface area (Å²) in [5, 5.41) is 0. The lowest BCUT2D eigenvalue weighted by Gasteiger charge is -2.32. The molecule has 3 N–H and O–H groups in total. The van der Waals surface area contributed by atoms with E-state index in [0.717, 1.165) is 25.6 Å². The average Bonchev–Trinajstić information content (AvgIpc) is 3.22. The maximum Gasteiger partial charge on any atom is 0.240 e. The lowest BCUT2D eigenvalue weighted by molar-refractivity contribution is 0.176. The molecular weight excluding hydrogens is 465 g/mol. The van der Waals surface area contributed by atoms with Crippen molar-refractivity contribution in [3.05, 3.63) is 59.9 Å². The highest BCUT2D eigenvalue weighted by Crippen LogP contribution is 2.23. The lowest BCUT2D eigenvalue weighted by atomic mass is 9.99. The van der Waals surface area contributed by atoms with Crippen LogP contribution in [0.5, 0.6) is 0 Å². The molecule has 0 bridgehead atoms. The van der Waals surface area contributed by atoms with Gasteiger partial charge >= 0.3 is 0 Å². The summed E-state index contributed by atoms with van der Waals surface area (Å²) >= 11 is 0. The number of nitrogens with zero attached hydrogens (tertiary/aromatic N) is 1. The van der Waals surface area contributed by atoms with Gasteiger partial charge in [-0.2, -0.15) is 0 Å². The summed E-state index contributed by atoms with van der Waals surface area (Å²) in [4.78, 5) is 2.36. The van der Waals surface area contributed by atoms with Crippen molar-refractivity contribution >= 4 is 19.9 Å². The summed E-state index contributed by atoms with van der Waals surface area (Å²) in [6.07, 6.45) is 4.02. The van der Waals surface area contributed by atoms with Gasteiger partial charge in [0.1, 0.15) is 5.82 Å². The van der Waals surface area contributed by atoms with Gasteiger partial charge in [0.05, 0.1) is 9.79 Å². The van der Waals surface area contributed by atoms with Crippen LogP contribution in [0.3, 0.4) is 0 Å². The number of benzene rings is 2. The van der Waals surface area contributed by atoms with Crippen LogP contribution in [0.1, 0.15) is 31.7 Å². The first-order valence-electron chi connectivity index (χ1n) is 11.0. The first kappa shape index (κ1) is 25.8. The van der Waals surface area contributed by atoms with E-state index < -0.39 is 19.9 Å². The number of halogens is 1. The van der Waals surface area contributed by atoms with Crippen LogP contribution in [0.25, 0.3) is 0 Å². The number of rotatable bonds is 10. The van der Waals surface area contributed by atoms with Crippen molar-refractivity contribution in [3.8, 4) is 0 Å². The Bertz CT molecular complexity index is 1150. The molecule has 33 heavy (non-hydrogen) atoms. The Hall–Kier alpha value is -1.85. The number of sulfonamides is 1. The maximum absolute atomic E-state index is 13.9. The Balaban J connectivity index is 1.57. The SMILES string of the molecule is CC(C[C@H](N)Cc1ccccc1F)N1CCC[C@H]1CNS(=O)(=O)c1ccc(S(C)(=O)=O)cc1. The van der Waals surface area contributed by atoms with Crippen molar-refractivity contribution in [2.45, 2.75) is 60.5 Å². The molecule has 3 atom stereocenters. The molecule has 0 spiro atoms. The van der Waals surface area contributed by atoms with Crippen LogP contribution in [0.2, 0.25) is 0 Å². The third kappa shape index (κ3) is 6.83. The fraction of sp³-hybridized carbons (Fsp3) is 0.478. The van der Waals surface area contributed by atoms with Gasteiger partial charge in [-0.1, -0.05) is 18.2 Å². The molecule has 1 aliphatic heterocycles. The number of nitrogens with two attached hydrogens (primary N) is 1. The third-order valence-electron chi connectivity index (χ3n) is 6.14. The summed E-state index contributed by atoms with van der Waals surface area (Å²) in [7, 11) is -7.16. The van der Waals surface area contributed by atoms with Gasteiger partial charge in [0.25, 0.3) is 0 Å². The predicted octanol–water partition coefficient (Wildman–Crippen LogP) is 2.32. The molecule has 0 aromatic heterocycles. The van der Waals surface area contributed by atoms with Crippen LogP contribution in [0, 0.1) is 5.82 Å². The van der Waals surface area contributed by atoms with Gasteiger partial charge in [0, 0.05) is 30.9 Å². The summed E-state index contributed by atoms with van der Waals surface area (Å²) in [5.74, 6) is -0.251. The normalized spacial score (nSPS) is 19.5.